The molecule has 0 aromatic heterocycles. The lowest BCUT2D eigenvalue weighted by Gasteiger charge is -2.22. The normalized spacial score (nSPS) is 17.4. The van der Waals surface area contributed by atoms with E-state index in [0.717, 1.165) is 5.92 Å². The molecule has 88 valence electrons. The van der Waals surface area contributed by atoms with Crippen LogP contribution in [0.1, 0.15) is 37.7 Å². The molecule has 17 heavy (non-hydrogen) atoms. The van der Waals surface area contributed by atoms with Crippen LogP contribution in [-0.2, 0) is 6.42 Å². The third-order valence-corrected chi connectivity index (χ3v) is 4.11. The molecule has 3 rings (SSSR count). The summed E-state index contributed by atoms with van der Waals surface area (Å²) in [7, 11) is 0. The van der Waals surface area contributed by atoms with Crippen LogP contribution >= 0.6 is 0 Å². The van der Waals surface area contributed by atoms with Crippen molar-refractivity contribution in [3.05, 3.63) is 48.0 Å². The Balaban J connectivity index is 1.89. The van der Waals surface area contributed by atoms with E-state index in [1.165, 1.54) is 49.3 Å². The summed E-state index contributed by atoms with van der Waals surface area (Å²) in [5.74, 6) is 0.926. The van der Waals surface area contributed by atoms with Gasteiger partial charge in [-0.1, -0.05) is 74.6 Å². The minimum Gasteiger partial charge on any atom is -0.0616 e. The molecular formula is C17H20. The summed E-state index contributed by atoms with van der Waals surface area (Å²) in [6.07, 6.45) is 8.48. The van der Waals surface area contributed by atoms with Crippen molar-refractivity contribution in [3.8, 4) is 0 Å². The lowest BCUT2D eigenvalue weighted by atomic mass is 9.84. The summed E-state index contributed by atoms with van der Waals surface area (Å²) in [6.45, 7) is 0. The van der Waals surface area contributed by atoms with E-state index in [1.54, 1.807) is 5.56 Å². The molecule has 2 aromatic carbocycles. The average molecular weight is 224 g/mol. The number of hydrogen-bond acceptors (Lipinski definition) is 0. The summed E-state index contributed by atoms with van der Waals surface area (Å²) in [4.78, 5) is 0. The summed E-state index contributed by atoms with van der Waals surface area (Å²) in [5.41, 5.74) is 1.55. The minimum atomic E-state index is 0.926. The lowest BCUT2D eigenvalue weighted by Crippen LogP contribution is -2.09. The molecule has 1 fully saturated rings. The van der Waals surface area contributed by atoms with Gasteiger partial charge in [0.2, 0.25) is 0 Å². The molecule has 0 unspecified atom stereocenters. The first-order valence-electron chi connectivity index (χ1n) is 6.90. The molecule has 0 saturated heterocycles. The smallest absolute Gasteiger partial charge is 0.0152 e. The van der Waals surface area contributed by atoms with Crippen molar-refractivity contribution in [2.24, 2.45) is 5.92 Å². The van der Waals surface area contributed by atoms with Crippen LogP contribution in [0.3, 0.4) is 0 Å². The molecule has 1 saturated carbocycles. The zero-order chi connectivity index (χ0) is 11.5. The van der Waals surface area contributed by atoms with E-state index in [2.05, 4.69) is 42.5 Å². The Kier molecular flexibility index (Phi) is 3.13. The average Bonchev–Trinajstić information content (AvgIpc) is 2.40. The Morgan fingerprint density at radius 3 is 2.47 bits per heavy atom. The van der Waals surface area contributed by atoms with E-state index >= 15 is 0 Å². The molecule has 1 aliphatic carbocycles. The van der Waals surface area contributed by atoms with Gasteiger partial charge in [-0.25, -0.2) is 0 Å². The zero-order valence-corrected chi connectivity index (χ0v) is 10.4. The molecule has 0 N–H and O–H groups in total. The topological polar surface area (TPSA) is 0 Å². The second-order valence-electron chi connectivity index (χ2n) is 5.35. The van der Waals surface area contributed by atoms with Crippen LogP contribution < -0.4 is 0 Å². The van der Waals surface area contributed by atoms with E-state index in [9.17, 15) is 0 Å². The quantitative estimate of drug-likeness (QED) is 0.676. The van der Waals surface area contributed by atoms with Crippen LogP contribution in [0.25, 0.3) is 10.8 Å². The molecule has 0 atom stereocenters. The van der Waals surface area contributed by atoms with Crippen molar-refractivity contribution in [3.63, 3.8) is 0 Å². The molecule has 0 amide bonds. The van der Waals surface area contributed by atoms with E-state index in [-0.39, 0.29) is 0 Å². The molecule has 0 bridgehead atoms. The van der Waals surface area contributed by atoms with Gasteiger partial charge in [-0.05, 0) is 28.7 Å². The van der Waals surface area contributed by atoms with Gasteiger partial charge in [0.15, 0.2) is 0 Å². The molecular weight excluding hydrogens is 204 g/mol. The van der Waals surface area contributed by atoms with Gasteiger partial charge in [0.1, 0.15) is 0 Å². The van der Waals surface area contributed by atoms with E-state index in [1.807, 2.05) is 0 Å². The van der Waals surface area contributed by atoms with Crippen LogP contribution in [0, 0.1) is 5.92 Å². The van der Waals surface area contributed by atoms with Gasteiger partial charge in [-0.2, -0.15) is 0 Å². The van der Waals surface area contributed by atoms with Crippen molar-refractivity contribution < 1.29 is 0 Å². The Hall–Kier alpha value is -1.30. The van der Waals surface area contributed by atoms with Gasteiger partial charge in [-0.3, -0.25) is 0 Å². The number of benzene rings is 2. The fraction of sp³-hybridized carbons (Fsp3) is 0.412. The molecule has 2 aromatic rings. The Labute approximate surface area is 104 Å². The Morgan fingerprint density at radius 2 is 1.59 bits per heavy atom. The van der Waals surface area contributed by atoms with Crippen LogP contribution in [0.15, 0.2) is 42.5 Å². The van der Waals surface area contributed by atoms with E-state index in [4.69, 9.17) is 0 Å². The maximum absolute atomic E-state index is 2.32. The summed E-state index contributed by atoms with van der Waals surface area (Å²) < 4.78 is 0. The van der Waals surface area contributed by atoms with Crippen molar-refractivity contribution in [1.29, 1.82) is 0 Å². The van der Waals surface area contributed by atoms with Gasteiger partial charge in [0, 0.05) is 0 Å². The van der Waals surface area contributed by atoms with Gasteiger partial charge in [0.05, 0.1) is 0 Å². The third-order valence-electron chi connectivity index (χ3n) is 4.11. The van der Waals surface area contributed by atoms with Crippen LogP contribution in [-0.4, -0.2) is 0 Å². The fourth-order valence-electron chi connectivity index (χ4n) is 3.17. The predicted molar refractivity (Wildman–Crippen MR) is 74.2 cm³/mol. The maximum atomic E-state index is 2.32. The van der Waals surface area contributed by atoms with Crippen molar-refractivity contribution in [1.82, 2.24) is 0 Å². The lowest BCUT2D eigenvalue weighted by molar-refractivity contribution is 0.357. The Bertz CT molecular complexity index is 487. The Morgan fingerprint density at radius 1 is 0.824 bits per heavy atom. The predicted octanol–water partition coefficient (Wildman–Crippen LogP) is 4.96. The second kappa shape index (κ2) is 4.91. The maximum Gasteiger partial charge on any atom is -0.0152 e. The van der Waals surface area contributed by atoms with Crippen LogP contribution in [0.2, 0.25) is 0 Å². The first kappa shape index (κ1) is 10.8. The number of rotatable bonds is 2. The monoisotopic (exact) mass is 224 g/mol. The van der Waals surface area contributed by atoms with Gasteiger partial charge < -0.3 is 0 Å². The van der Waals surface area contributed by atoms with Crippen molar-refractivity contribution in [2.45, 2.75) is 38.5 Å². The summed E-state index contributed by atoms with van der Waals surface area (Å²) in [5, 5.41) is 2.85. The molecule has 0 nitrogen and oxygen atoms in total. The standard InChI is InChI=1S/C17H20/c1-2-7-14(8-3-1)13-16-11-6-10-15-9-4-5-12-17(15)16/h4-6,9-12,14H,1-3,7-8,13H2. The highest BCUT2D eigenvalue weighted by Crippen LogP contribution is 2.29. The van der Waals surface area contributed by atoms with E-state index in [0.29, 0.717) is 0 Å². The van der Waals surface area contributed by atoms with Crippen LogP contribution in [0.5, 0.6) is 0 Å². The third kappa shape index (κ3) is 2.36. The fourth-order valence-corrected chi connectivity index (χ4v) is 3.17. The first-order chi connectivity index (χ1) is 8.43. The van der Waals surface area contributed by atoms with E-state index < -0.39 is 0 Å². The molecule has 0 aliphatic heterocycles. The number of hydrogen-bond donors (Lipinski definition) is 0. The molecule has 1 aliphatic rings. The summed E-state index contributed by atoms with van der Waals surface area (Å²) in [6, 6.07) is 15.5. The van der Waals surface area contributed by atoms with Gasteiger partial charge in [0.25, 0.3) is 0 Å². The molecule has 0 radical (unpaired) electrons. The molecule has 0 heterocycles. The highest BCUT2D eigenvalue weighted by atomic mass is 14.2. The highest BCUT2D eigenvalue weighted by Gasteiger charge is 2.14. The van der Waals surface area contributed by atoms with Crippen molar-refractivity contribution in [2.75, 3.05) is 0 Å². The molecule has 0 heteroatoms. The number of fused-ring (bicyclic) bond motifs is 1. The van der Waals surface area contributed by atoms with Crippen LogP contribution in [0.4, 0.5) is 0 Å². The second-order valence-corrected chi connectivity index (χ2v) is 5.35. The SMILES string of the molecule is c1ccc2c(CC3CCCCC3)cccc2c1. The zero-order valence-electron chi connectivity index (χ0n) is 10.4. The first-order valence-corrected chi connectivity index (χ1v) is 6.90. The van der Waals surface area contributed by atoms with Gasteiger partial charge >= 0.3 is 0 Å². The van der Waals surface area contributed by atoms with Gasteiger partial charge in [-0.15, -0.1) is 0 Å². The summed E-state index contributed by atoms with van der Waals surface area (Å²) >= 11 is 0. The van der Waals surface area contributed by atoms with Crippen molar-refractivity contribution >= 4 is 10.8 Å². The molecule has 0 spiro atoms. The minimum absolute atomic E-state index is 0.926. The highest BCUT2D eigenvalue weighted by molar-refractivity contribution is 5.85. The largest absolute Gasteiger partial charge is 0.0616 e.